The summed E-state index contributed by atoms with van der Waals surface area (Å²) in [5.74, 6) is -0.0866. The first-order chi connectivity index (χ1) is 11.1. The molecule has 0 aromatic rings. The van der Waals surface area contributed by atoms with Gasteiger partial charge in [0.2, 0.25) is 0 Å². The number of methoxy groups -OCH3 is 1. The van der Waals surface area contributed by atoms with Crippen molar-refractivity contribution in [1.82, 2.24) is 0 Å². The van der Waals surface area contributed by atoms with E-state index in [0.29, 0.717) is 16.9 Å². The number of rotatable bonds is 16. The van der Waals surface area contributed by atoms with E-state index in [4.69, 9.17) is 25.3 Å². The normalized spacial score (nSPS) is 13.7. The van der Waals surface area contributed by atoms with Crippen molar-refractivity contribution in [3.63, 3.8) is 0 Å². The number of hydrogen-bond donors (Lipinski definition) is 2. The maximum atomic E-state index is 11.0. The lowest BCUT2D eigenvalue weighted by Crippen LogP contribution is -2.05. The van der Waals surface area contributed by atoms with E-state index in [0.717, 1.165) is 12.8 Å². The van der Waals surface area contributed by atoms with E-state index >= 15 is 0 Å². The summed E-state index contributed by atoms with van der Waals surface area (Å²) in [5.41, 5.74) is 0. The lowest BCUT2D eigenvalue weighted by atomic mass is 10.0. The fourth-order valence-corrected chi connectivity index (χ4v) is 3.43. The molecule has 0 amide bonds. The number of hydrogen-bond acceptors (Lipinski definition) is 4. The first-order valence-corrected chi connectivity index (χ1v) is 10.6. The minimum Gasteiger partial charge on any atom is -0.469 e. The van der Waals surface area contributed by atoms with Gasteiger partial charge in [-0.15, -0.1) is 0 Å². The van der Waals surface area contributed by atoms with Crippen LogP contribution < -0.4 is 0 Å². The van der Waals surface area contributed by atoms with Crippen molar-refractivity contribution >= 4 is 31.2 Å². The largest absolute Gasteiger partial charge is 0.469 e. The number of carbonyl (C=O) groups excluding carboxylic acids is 1. The van der Waals surface area contributed by atoms with Crippen LogP contribution in [0.15, 0.2) is 0 Å². The highest BCUT2D eigenvalue weighted by Gasteiger charge is 2.08. The van der Waals surface area contributed by atoms with Gasteiger partial charge in [-0.3, -0.25) is 4.79 Å². The minimum atomic E-state index is -0.0866. The Morgan fingerprint density at radius 3 is 1.78 bits per heavy atom. The standard InChI is InChI=1S/C19H38O2S2/c1-3-4-5-9-12-17(22)15-16-18(23)13-10-7-6-8-11-14-19(20)21-2/h17-18,22-23H,3-16H2,1-2H3. The molecule has 138 valence electrons. The molecule has 0 saturated carbocycles. The molecule has 0 aromatic heterocycles. The fraction of sp³-hybridized carbons (Fsp3) is 0.947. The van der Waals surface area contributed by atoms with Crippen LogP contribution in [0.1, 0.15) is 96.8 Å². The zero-order valence-electron chi connectivity index (χ0n) is 15.3. The molecule has 0 spiro atoms. The van der Waals surface area contributed by atoms with Crippen molar-refractivity contribution in [2.45, 2.75) is 107 Å². The average Bonchev–Trinajstić information content (AvgIpc) is 2.55. The van der Waals surface area contributed by atoms with Crippen LogP contribution in [-0.2, 0) is 9.53 Å². The zero-order chi connectivity index (χ0) is 17.3. The summed E-state index contributed by atoms with van der Waals surface area (Å²) in [5, 5.41) is 1.08. The first kappa shape index (κ1) is 23.2. The Balaban J connectivity index is 3.36. The summed E-state index contributed by atoms with van der Waals surface area (Å²) in [6.45, 7) is 2.25. The Hall–Kier alpha value is 0.170. The van der Waals surface area contributed by atoms with E-state index < -0.39 is 0 Å². The summed E-state index contributed by atoms with van der Waals surface area (Å²) in [7, 11) is 1.45. The van der Waals surface area contributed by atoms with Gasteiger partial charge in [0.25, 0.3) is 0 Å². The highest BCUT2D eigenvalue weighted by atomic mass is 32.1. The topological polar surface area (TPSA) is 26.3 Å². The second-order valence-corrected chi connectivity index (χ2v) is 8.08. The van der Waals surface area contributed by atoms with Gasteiger partial charge in [0.15, 0.2) is 0 Å². The molecule has 0 aliphatic rings. The van der Waals surface area contributed by atoms with Gasteiger partial charge >= 0.3 is 5.97 Å². The maximum Gasteiger partial charge on any atom is 0.305 e. The van der Waals surface area contributed by atoms with Crippen LogP contribution in [0.4, 0.5) is 0 Å². The number of unbranched alkanes of at least 4 members (excludes halogenated alkanes) is 7. The molecule has 2 atom stereocenters. The van der Waals surface area contributed by atoms with Crippen molar-refractivity contribution in [2.75, 3.05) is 7.11 Å². The summed E-state index contributed by atoms with van der Waals surface area (Å²) in [4.78, 5) is 11.0. The smallest absolute Gasteiger partial charge is 0.305 e. The monoisotopic (exact) mass is 362 g/mol. The van der Waals surface area contributed by atoms with Crippen molar-refractivity contribution in [3.8, 4) is 0 Å². The van der Waals surface area contributed by atoms with E-state index in [1.807, 2.05) is 0 Å². The summed E-state index contributed by atoms with van der Waals surface area (Å²) in [6, 6.07) is 0. The quantitative estimate of drug-likeness (QED) is 0.193. The van der Waals surface area contributed by atoms with Gasteiger partial charge in [0, 0.05) is 16.9 Å². The molecule has 0 fully saturated rings. The van der Waals surface area contributed by atoms with Crippen LogP contribution in [0.2, 0.25) is 0 Å². The minimum absolute atomic E-state index is 0.0866. The third kappa shape index (κ3) is 16.8. The van der Waals surface area contributed by atoms with E-state index in [1.54, 1.807) is 0 Å². The Morgan fingerprint density at radius 2 is 1.26 bits per heavy atom. The van der Waals surface area contributed by atoms with Crippen LogP contribution in [0.3, 0.4) is 0 Å². The number of ether oxygens (including phenoxy) is 1. The Bertz CT molecular complexity index is 272. The maximum absolute atomic E-state index is 11.0. The molecule has 23 heavy (non-hydrogen) atoms. The van der Waals surface area contributed by atoms with E-state index in [9.17, 15) is 4.79 Å². The zero-order valence-corrected chi connectivity index (χ0v) is 17.1. The van der Waals surface area contributed by atoms with Crippen molar-refractivity contribution in [3.05, 3.63) is 0 Å². The van der Waals surface area contributed by atoms with Gasteiger partial charge in [-0.1, -0.05) is 58.3 Å². The van der Waals surface area contributed by atoms with Gasteiger partial charge in [-0.2, -0.15) is 25.3 Å². The SMILES string of the molecule is CCCCCCC(S)CCC(S)CCCCCCCC(=O)OC. The highest BCUT2D eigenvalue weighted by Crippen LogP contribution is 2.20. The molecular formula is C19H38O2S2. The van der Waals surface area contributed by atoms with Gasteiger partial charge in [0.05, 0.1) is 7.11 Å². The molecule has 0 aliphatic heterocycles. The lowest BCUT2D eigenvalue weighted by molar-refractivity contribution is -0.140. The Kier molecular flexibility index (Phi) is 17.1. The highest BCUT2D eigenvalue weighted by molar-refractivity contribution is 7.81. The summed E-state index contributed by atoms with van der Waals surface area (Å²) in [6.07, 6.45) is 16.5. The molecule has 0 N–H and O–H groups in total. The molecule has 4 heteroatoms. The van der Waals surface area contributed by atoms with Crippen molar-refractivity contribution < 1.29 is 9.53 Å². The van der Waals surface area contributed by atoms with Gasteiger partial charge in [0.1, 0.15) is 0 Å². The average molecular weight is 363 g/mol. The van der Waals surface area contributed by atoms with Crippen molar-refractivity contribution in [1.29, 1.82) is 0 Å². The predicted molar refractivity (Wildman–Crippen MR) is 108 cm³/mol. The summed E-state index contributed by atoms with van der Waals surface area (Å²) >= 11 is 9.42. The third-order valence-corrected chi connectivity index (χ3v) is 5.40. The number of carbonyl (C=O) groups is 1. The third-order valence-electron chi connectivity index (χ3n) is 4.37. The Morgan fingerprint density at radius 1 is 0.783 bits per heavy atom. The molecule has 0 radical (unpaired) electrons. The lowest BCUT2D eigenvalue weighted by Gasteiger charge is -2.14. The van der Waals surface area contributed by atoms with Crippen LogP contribution >= 0.6 is 25.3 Å². The molecule has 2 nitrogen and oxygen atoms in total. The van der Waals surface area contributed by atoms with Crippen LogP contribution in [-0.4, -0.2) is 23.6 Å². The molecule has 0 saturated heterocycles. The number of esters is 1. The molecule has 0 aromatic carbocycles. The fourth-order valence-electron chi connectivity index (χ4n) is 2.76. The van der Waals surface area contributed by atoms with Crippen LogP contribution in [0.25, 0.3) is 0 Å². The molecular weight excluding hydrogens is 324 g/mol. The Labute approximate surface area is 155 Å². The van der Waals surface area contributed by atoms with Crippen LogP contribution in [0, 0.1) is 0 Å². The second kappa shape index (κ2) is 17.0. The first-order valence-electron chi connectivity index (χ1n) is 9.53. The molecule has 0 bridgehead atoms. The summed E-state index contributed by atoms with van der Waals surface area (Å²) < 4.78 is 4.64. The van der Waals surface area contributed by atoms with E-state index in [1.165, 1.54) is 77.7 Å². The van der Waals surface area contributed by atoms with E-state index in [2.05, 4.69) is 11.7 Å². The number of thiol groups is 2. The predicted octanol–water partition coefficient (Wildman–Crippen LogP) is 6.24. The molecule has 0 aliphatic carbocycles. The molecule has 2 unspecified atom stereocenters. The van der Waals surface area contributed by atoms with Crippen LogP contribution in [0.5, 0.6) is 0 Å². The van der Waals surface area contributed by atoms with Gasteiger partial charge in [-0.05, 0) is 32.1 Å². The second-order valence-electron chi connectivity index (χ2n) is 6.62. The van der Waals surface area contributed by atoms with Gasteiger partial charge in [-0.25, -0.2) is 0 Å². The van der Waals surface area contributed by atoms with E-state index in [-0.39, 0.29) is 5.97 Å². The molecule has 0 heterocycles. The van der Waals surface area contributed by atoms with Gasteiger partial charge < -0.3 is 4.74 Å². The van der Waals surface area contributed by atoms with Crippen molar-refractivity contribution in [2.24, 2.45) is 0 Å². The molecule has 0 rings (SSSR count).